The van der Waals surface area contributed by atoms with Gasteiger partial charge in [0.1, 0.15) is 0 Å². The highest BCUT2D eigenvalue weighted by Gasteiger charge is 2.45. The Balaban J connectivity index is 2.19. The zero-order valence-corrected chi connectivity index (χ0v) is 2.85. The molecule has 2 fully saturated rings. The second kappa shape index (κ2) is 0.420. The molecule has 0 aliphatic carbocycles. The summed E-state index contributed by atoms with van der Waals surface area (Å²) in [6.07, 6.45) is 1.83. The Morgan fingerprint density at radius 3 is 2.60 bits per heavy atom. The summed E-state index contributed by atoms with van der Waals surface area (Å²) in [5.74, 6) is 0. The topological polar surface area (TPSA) is 15.5 Å². The van der Waals surface area contributed by atoms with E-state index in [1.54, 1.807) is 0 Å². The largest absolute Gasteiger partial charge is 0.275 e. The summed E-state index contributed by atoms with van der Waals surface area (Å²) in [6, 6.07) is 0. The first-order valence-electron chi connectivity index (χ1n) is 1.90. The molecule has 0 aromatic heterocycles. The lowest BCUT2D eigenvalue weighted by Gasteiger charge is -2.00. The third-order valence-electron chi connectivity index (χ3n) is 1.13. The van der Waals surface area contributed by atoms with Crippen molar-refractivity contribution in [2.45, 2.75) is 12.6 Å². The molecule has 0 aromatic carbocycles. The van der Waals surface area contributed by atoms with Gasteiger partial charge in [0.25, 0.3) is 0 Å². The maximum atomic E-state index is 4.86. The molecular weight excluding hydrogens is 66.0 g/mol. The van der Waals surface area contributed by atoms with Crippen LogP contribution < -0.4 is 0 Å². The van der Waals surface area contributed by atoms with E-state index in [2.05, 4.69) is 0 Å². The highest BCUT2D eigenvalue weighted by Crippen LogP contribution is 2.32. The van der Waals surface area contributed by atoms with Crippen molar-refractivity contribution < 1.29 is 4.84 Å². The van der Waals surface area contributed by atoms with Gasteiger partial charge in [-0.25, -0.2) is 0 Å². The molecule has 0 spiro atoms. The predicted molar refractivity (Wildman–Crippen MR) is 16.2 cm³/mol. The van der Waals surface area contributed by atoms with Gasteiger partial charge >= 0.3 is 0 Å². The normalized spacial score (nSPS) is 57.6. The molecule has 2 nitrogen and oxygen atoms in total. The molecule has 5 heavy (non-hydrogen) atoms. The molecule has 2 aliphatic heterocycles. The van der Waals surface area contributed by atoms with E-state index in [1.165, 1.54) is 13.0 Å². The van der Waals surface area contributed by atoms with Gasteiger partial charge in [0.15, 0.2) is 6.23 Å². The van der Waals surface area contributed by atoms with E-state index >= 15 is 0 Å². The Hall–Kier alpha value is -0.0800. The van der Waals surface area contributed by atoms with Gasteiger partial charge in [0, 0.05) is 13.0 Å². The maximum Gasteiger partial charge on any atom is 0.155 e. The number of hydrogen-bond donors (Lipinski definition) is 0. The number of hydrogen-bond acceptors (Lipinski definition) is 2. The van der Waals surface area contributed by atoms with Crippen molar-refractivity contribution in [3.63, 3.8) is 0 Å². The van der Waals surface area contributed by atoms with Gasteiger partial charge in [-0.2, -0.15) is 5.06 Å². The van der Waals surface area contributed by atoms with Crippen molar-refractivity contribution in [2.24, 2.45) is 0 Å². The lowest BCUT2D eigenvalue weighted by atomic mass is 10.3. The third kappa shape index (κ3) is 0.121. The highest BCUT2D eigenvalue weighted by molar-refractivity contribution is 4.77. The standard InChI is InChI=1S/C3H5NO/c1-2-4-3(1)5-4/h3H,1-2H2. The summed E-state index contributed by atoms with van der Waals surface area (Å²) in [7, 11) is 0. The molecule has 0 bridgehead atoms. The molecule has 28 valence electrons. The van der Waals surface area contributed by atoms with Crippen molar-refractivity contribution in [1.29, 1.82) is 0 Å². The first-order valence-corrected chi connectivity index (χ1v) is 1.90. The average Bonchev–Trinajstić information content (AvgIpc) is 1.74. The van der Waals surface area contributed by atoms with Gasteiger partial charge in [-0.1, -0.05) is 0 Å². The van der Waals surface area contributed by atoms with E-state index in [-0.39, 0.29) is 0 Å². The van der Waals surface area contributed by atoms with Crippen LogP contribution in [0.15, 0.2) is 0 Å². The molecule has 2 aliphatic rings. The molecule has 0 saturated carbocycles. The summed E-state index contributed by atoms with van der Waals surface area (Å²) < 4.78 is 0. The van der Waals surface area contributed by atoms with E-state index in [0.29, 0.717) is 6.23 Å². The summed E-state index contributed by atoms with van der Waals surface area (Å²) in [4.78, 5) is 4.86. The molecule has 0 aromatic rings. The molecule has 2 atom stereocenters. The zero-order chi connectivity index (χ0) is 3.28. The Bertz CT molecular complexity index is 51.9. The summed E-state index contributed by atoms with van der Waals surface area (Å²) >= 11 is 0. The molecule has 0 amide bonds. The van der Waals surface area contributed by atoms with E-state index < -0.39 is 0 Å². The van der Waals surface area contributed by atoms with Gasteiger partial charge in [-0.15, -0.1) is 0 Å². The Kier molecular flexibility index (Phi) is 0.181. The van der Waals surface area contributed by atoms with Gasteiger partial charge in [-0.3, -0.25) is 4.84 Å². The monoisotopic (exact) mass is 71.0 g/mol. The van der Waals surface area contributed by atoms with Gasteiger partial charge < -0.3 is 0 Å². The van der Waals surface area contributed by atoms with Crippen molar-refractivity contribution in [3.05, 3.63) is 0 Å². The molecular formula is C3H5NO. The van der Waals surface area contributed by atoms with Crippen molar-refractivity contribution >= 4 is 0 Å². The van der Waals surface area contributed by atoms with Crippen LogP contribution in [-0.4, -0.2) is 17.8 Å². The van der Waals surface area contributed by atoms with Crippen LogP contribution in [0.5, 0.6) is 0 Å². The van der Waals surface area contributed by atoms with Crippen LogP contribution in [0.1, 0.15) is 6.42 Å². The minimum absolute atomic E-state index is 0.565. The lowest BCUT2D eigenvalue weighted by molar-refractivity contribution is 0.213. The number of rotatable bonds is 0. The van der Waals surface area contributed by atoms with E-state index in [9.17, 15) is 0 Å². The van der Waals surface area contributed by atoms with Crippen LogP contribution in [0.2, 0.25) is 0 Å². The lowest BCUT2D eigenvalue weighted by Crippen LogP contribution is -2.16. The second-order valence-electron chi connectivity index (χ2n) is 1.49. The van der Waals surface area contributed by atoms with Crippen molar-refractivity contribution in [2.75, 3.05) is 6.54 Å². The Morgan fingerprint density at radius 2 is 2.60 bits per heavy atom. The molecule has 0 radical (unpaired) electrons. The third-order valence-corrected chi connectivity index (χ3v) is 1.13. The van der Waals surface area contributed by atoms with Crippen LogP contribution in [-0.2, 0) is 4.84 Å². The number of hydroxylamine groups is 2. The van der Waals surface area contributed by atoms with E-state index in [1.807, 2.05) is 5.06 Å². The molecule has 2 saturated heterocycles. The first kappa shape index (κ1) is 2.16. The SMILES string of the molecule is C1CN2OC12. The van der Waals surface area contributed by atoms with Gasteiger partial charge in [-0.05, 0) is 0 Å². The Morgan fingerprint density at radius 1 is 1.80 bits per heavy atom. The highest BCUT2D eigenvalue weighted by atomic mass is 16.8. The molecule has 0 N–H and O–H groups in total. The fourth-order valence-electron chi connectivity index (χ4n) is 0.574. The van der Waals surface area contributed by atoms with Crippen LogP contribution in [0.3, 0.4) is 0 Å². The number of fused-ring (bicyclic) bond motifs is 1. The van der Waals surface area contributed by atoms with Crippen LogP contribution in [0.25, 0.3) is 0 Å². The average molecular weight is 71.1 g/mol. The van der Waals surface area contributed by atoms with Crippen LogP contribution in [0.4, 0.5) is 0 Å². The smallest absolute Gasteiger partial charge is 0.155 e. The zero-order valence-electron chi connectivity index (χ0n) is 2.85. The molecule has 2 heterocycles. The predicted octanol–water partition coefficient (Wildman–Crippen LogP) is -0.0366. The van der Waals surface area contributed by atoms with Crippen molar-refractivity contribution in [3.8, 4) is 0 Å². The number of nitrogens with zero attached hydrogens (tertiary/aromatic N) is 1. The summed E-state index contributed by atoms with van der Waals surface area (Å²) in [5, 5.41) is 1.97. The fraction of sp³-hybridized carbons (Fsp3) is 1.00. The van der Waals surface area contributed by atoms with E-state index in [4.69, 9.17) is 4.84 Å². The minimum Gasteiger partial charge on any atom is -0.275 e. The van der Waals surface area contributed by atoms with Crippen LogP contribution in [0, 0.1) is 0 Å². The first-order chi connectivity index (χ1) is 2.47. The Labute approximate surface area is 30.3 Å². The van der Waals surface area contributed by atoms with Crippen molar-refractivity contribution in [1.82, 2.24) is 5.06 Å². The maximum absolute atomic E-state index is 4.86. The fourth-order valence-corrected chi connectivity index (χ4v) is 0.574. The molecule has 2 unspecified atom stereocenters. The van der Waals surface area contributed by atoms with E-state index in [0.717, 1.165) is 0 Å². The summed E-state index contributed by atoms with van der Waals surface area (Å²) in [6.45, 7) is 1.17. The van der Waals surface area contributed by atoms with Gasteiger partial charge in [0.05, 0.1) is 0 Å². The minimum atomic E-state index is 0.565. The van der Waals surface area contributed by atoms with Gasteiger partial charge in [0.2, 0.25) is 0 Å². The summed E-state index contributed by atoms with van der Waals surface area (Å²) in [5.41, 5.74) is 0. The second-order valence-corrected chi connectivity index (χ2v) is 1.49. The molecule has 2 heteroatoms. The quantitative estimate of drug-likeness (QED) is 0.372. The van der Waals surface area contributed by atoms with Crippen LogP contribution >= 0.6 is 0 Å². The molecule has 2 rings (SSSR count).